The number of hydrogen-bond acceptors (Lipinski definition) is 0. The molecule has 0 aromatic heterocycles. The summed E-state index contributed by atoms with van der Waals surface area (Å²) in [6.45, 7) is 7.93. The molecule has 0 saturated heterocycles. The van der Waals surface area contributed by atoms with E-state index in [-0.39, 0.29) is 11.2 Å². The molecular formula is C11H14ClF. The Morgan fingerprint density at radius 2 is 1.77 bits per heavy atom. The van der Waals surface area contributed by atoms with Crippen molar-refractivity contribution in [1.29, 1.82) is 0 Å². The van der Waals surface area contributed by atoms with E-state index in [1.165, 1.54) is 6.07 Å². The van der Waals surface area contributed by atoms with Gasteiger partial charge in [-0.05, 0) is 29.5 Å². The summed E-state index contributed by atoms with van der Waals surface area (Å²) >= 11 is 5.95. The van der Waals surface area contributed by atoms with Gasteiger partial charge in [0.25, 0.3) is 0 Å². The molecule has 0 saturated carbocycles. The Bertz CT molecular complexity index is 324. The van der Waals surface area contributed by atoms with E-state index in [1.54, 1.807) is 6.92 Å². The second kappa shape index (κ2) is 3.30. The minimum absolute atomic E-state index is 0.0322. The fourth-order valence-corrected chi connectivity index (χ4v) is 1.67. The molecule has 0 heterocycles. The van der Waals surface area contributed by atoms with Crippen molar-refractivity contribution in [2.45, 2.75) is 33.1 Å². The molecule has 0 radical (unpaired) electrons. The van der Waals surface area contributed by atoms with Crippen LogP contribution in [0.25, 0.3) is 0 Å². The molecule has 0 fully saturated rings. The highest BCUT2D eigenvalue weighted by Gasteiger charge is 2.18. The van der Waals surface area contributed by atoms with E-state index in [9.17, 15) is 4.39 Å². The van der Waals surface area contributed by atoms with Crippen molar-refractivity contribution in [3.63, 3.8) is 0 Å². The summed E-state index contributed by atoms with van der Waals surface area (Å²) in [5.41, 5.74) is 1.61. The summed E-state index contributed by atoms with van der Waals surface area (Å²) in [6.07, 6.45) is 0. The van der Waals surface area contributed by atoms with Gasteiger partial charge in [0.1, 0.15) is 5.82 Å². The highest BCUT2D eigenvalue weighted by molar-refractivity contribution is 6.31. The van der Waals surface area contributed by atoms with Crippen LogP contribution in [0.3, 0.4) is 0 Å². The zero-order valence-electron chi connectivity index (χ0n) is 8.41. The first-order valence-electron chi connectivity index (χ1n) is 4.28. The minimum Gasteiger partial charge on any atom is -0.207 e. The number of benzene rings is 1. The summed E-state index contributed by atoms with van der Waals surface area (Å²) in [5.74, 6) is -0.238. The third kappa shape index (κ3) is 2.22. The average Bonchev–Trinajstić information content (AvgIpc) is 1.94. The van der Waals surface area contributed by atoms with Gasteiger partial charge in [-0.2, -0.15) is 0 Å². The fourth-order valence-electron chi connectivity index (χ4n) is 1.23. The molecule has 2 heteroatoms. The molecule has 0 bridgehead atoms. The lowest BCUT2D eigenvalue weighted by molar-refractivity contribution is 0.580. The summed E-state index contributed by atoms with van der Waals surface area (Å²) in [7, 11) is 0. The van der Waals surface area contributed by atoms with Gasteiger partial charge in [0.15, 0.2) is 0 Å². The van der Waals surface area contributed by atoms with Crippen molar-refractivity contribution in [1.82, 2.24) is 0 Å². The Morgan fingerprint density at radius 3 is 2.23 bits per heavy atom. The minimum atomic E-state index is -0.238. The fraction of sp³-hybridized carbons (Fsp3) is 0.455. The standard InChI is InChI=1S/C11H14ClF/c1-7-5-8(11(2,3)4)9(12)6-10(7)13/h5-6H,1-4H3. The van der Waals surface area contributed by atoms with E-state index in [0.717, 1.165) is 5.56 Å². The van der Waals surface area contributed by atoms with Crippen LogP contribution in [0.4, 0.5) is 4.39 Å². The molecule has 0 spiro atoms. The first-order chi connectivity index (χ1) is 5.82. The summed E-state index contributed by atoms with van der Waals surface area (Å²) in [5, 5.41) is 0.510. The molecular weight excluding hydrogens is 187 g/mol. The van der Waals surface area contributed by atoms with Crippen molar-refractivity contribution < 1.29 is 4.39 Å². The predicted octanol–water partition coefficient (Wildman–Crippen LogP) is 4.09. The number of rotatable bonds is 0. The topological polar surface area (TPSA) is 0 Å². The van der Waals surface area contributed by atoms with Crippen molar-refractivity contribution in [3.05, 3.63) is 34.1 Å². The van der Waals surface area contributed by atoms with E-state index in [0.29, 0.717) is 10.6 Å². The summed E-state index contributed by atoms with van der Waals surface area (Å²) in [4.78, 5) is 0. The van der Waals surface area contributed by atoms with Gasteiger partial charge in [-0.3, -0.25) is 0 Å². The molecule has 0 amide bonds. The van der Waals surface area contributed by atoms with Gasteiger partial charge >= 0.3 is 0 Å². The van der Waals surface area contributed by atoms with Gasteiger partial charge in [-0.1, -0.05) is 38.4 Å². The van der Waals surface area contributed by atoms with Crippen molar-refractivity contribution in [2.24, 2.45) is 0 Å². The molecule has 1 aromatic rings. The van der Waals surface area contributed by atoms with Gasteiger partial charge in [-0.15, -0.1) is 0 Å². The lowest BCUT2D eigenvalue weighted by Gasteiger charge is -2.21. The Hall–Kier alpha value is -0.560. The molecule has 0 aliphatic rings. The monoisotopic (exact) mass is 200 g/mol. The SMILES string of the molecule is Cc1cc(C(C)(C)C)c(Cl)cc1F. The van der Waals surface area contributed by atoms with Crippen molar-refractivity contribution >= 4 is 11.6 Å². The van der Waals surface area contributed by atoms with E-state index in [1.807, 2.05) is 6.07 Å². The van der Waals surface area contributed by atoms with Crippen LogP contribution in [0, 0.1) is 12.7 Å². The number of hydrogen-bond donors (Lipinski definition) is 0. The molecule has 0 nitrogen and oxygen atoms in total. The van der Waals surface area contributed by atoms with Crippen LogP contribution in [-0.2, 0) is 5.41 Å². The molecule has 0 atom stereocenters. The predicted molar refractivity (Wildman–Crippen MR) is 54.8 cm³/mol. The van der Waals surface area contributed by atoms with Crippen molar-refractivity contribution in [2.75, 3.05) is 0 Å². The summed E-state index contributed by atoms with van der Waals surface area (Å²) < 4.78 is 13.1. The van der Waals surface area contributed by atoms with Crippen LogP contribution in [0.5, 0.6) is 0 Å². The molecule has 13 heavy (non-hydrogen) atoms. The second-order valence-corrected chi connectivity index (χ2v) is 4.74. The maximum Gasteiger partial charge on any atom is 0.127 e. The maximum atomic E-state index is 13.1. The van der Waals surface area contributed by atoms with Crippen LogP contribution in [0.15, 0.2) is 12.1 Å². The van der Waals surface area contributed by atoms with Crippen LogP contribution < -0.4 is 0 Å². The van der Waals surface area contributed by atoms with Gasteiger partial charge in [0.2, 0.25) is 0 Å². The van der Waals surface area contributed by atoms with E-state index in [4.69, 9.17) is 11.6 Å². The Kier molecular flexibility index (Phi) is 2.67. The van der Waals surface area contributed by atoms with Crippen molar-refractivity contribution in [3.8, 4) is 0 Å². The highest BCUT2D eigenvalue weighted by atomic mass is 35.5. The maximum absolute atomic E-state index is 13.1. The van der Waals surface area contributed by atoms with Crippen LogP contribution in [-0.4, -0.2) is 0 Å². The Morgan fingerprint density at radius 1 is 1.23 bits per heavy atom. The van der Waals surface area contributed by atoms with E-state index >= 15 is 0 Å². The quantitative estimate of drug-likeness (QED) is 0.592. The molecule has 72 valence electrons. The van der Waals surface area contributed by atoms with Gasteiger partial charge in [-0.25, -0.2) is 4.39 Å². The average molecular weight is 201 g/mol. The third-order valence-electron chi connectivity index (χ3n) is 2.06. The second-order valence-electron chi connectivity index (χ2n) is 4.33. The number of aryl methyl sites for hydroxylation is 1. The van der Waals surface area contributed by atoms with Gasteiger partial charge < -0.3 is 0 Å². The van der Waals surface area contributed by atoms with Crippen LogP contribution in [0.2, 0.25) is 5.02 Å². The van der Waals surface area contributed by atoms with E-state index < -0.39 is 0 Å². The lowest BCUT2D eigenvalue weighted by Crippen LogP contribution is -2.12. The number of halogens is 2. The first-order valence-corrected chi connectivity index (χ1v) is 4.66. The molecule has 0 N–H and O–H groups in total. The normalized spacial score (nSPS) is 11.8. The Labute approximate surface area is 83.7 Å². The smallest absolute Gasteiger partial charge is 0.127 e. The molecule has 1 rings (SSSR count). The first kappa shape index (κ1) is 10.5. The van der Waals surface area contributed by atoms with E-state index in [2.05, 4.69) is 20.8 Å². The van der Waals surface area contributed by atoms with Crippen LogP contribution >= 0.6 is 11.6 Å². The Balaban J connectivity index is 3.32. The molecule has 0 unspecified atom stereocenters. The van der Waals surface area contributed by atoms with Gasteiger partial charge in [0.05, 0.1) is 0 Å². The highest BCUT2D eigenvalue weighted by Crippen LogP contribution is 2.31. The summed E-state index contributed by atoms with van der Waals surface area (Å²) in [6, 6.07) is 3.20. The zero-order chi connectivity index (χ0) is 10.2. The lowest BCUT2D eigenvalue weighted by atomic mass is 9.86. The van der Waals surface area contributed by atoms with Gasteiger partial charge in [0, 0.05) is 5.02 Å². The third-order valence-corrected chi connectivity index (χ3v) is 2.37. The largest absolute Gasteiger partial charge is 0.207 e. The zero-order valence-corrected chi connectivity index (χ0v) is 9.17. The molecule has 1 aromatic carbocycles. The molecule has 0 aliphatic carbocycles. The van der Waals surface area contributed by atoms with Crippen LogP contribution in [0.1, 0.15) is 31.9 Å². The molecule has 0 aliphatic heterocycles.